The molecule has 0 spiro atoms. The van der Waals surface area contributed by atoms with Crippen molar-refractivity contribution < 1.29 is 9.22 Å². The fraction of sp³-hybridized carbons (Fsp3) is 0.292. The Balaban J connectivity index is 2.00. The molecule has 1 heterocycles. The van der Waals surface area contributed by atoms with Crippen LogP contribution in [0.2, 0.25) is 18.1 Å². The first-order valence-corrected chi connectivity index (χ1v) is 13.5. The lowest BCUT2D eigenvalue weighted by molar-refractivity contribution is 0.0790. The van der Waals surface area contributed by atoms with Gasteiger partial charge in [0, 0.05) is 16.2 Å². The Labute approximate surface area is 183 Å². The topological polar surface area (TPSA) is 29.5 Å². The molecule has 0 bridgehead atoms. The highest BCUT2D eigenvalue weighted by molar-refractivity contribution is 9.10. The van der Waals surface area contributed by atoms with E-state index in [1.807, 2.05) is 60.8 Å². The van der Waals surface area contributed by atoms with E-state index in [9.17, 15) is 4.79 Å². The van der Waals surface area contributed by atoms with Crippen molar-refractivity contribution in [2.45, 2.75) is 44.9 Å². The molecule has 0 fully saturated rings. The lowest BCUT2D eigenvalue weighted by atomic mass is 9.94. The van der Waals surface area contributed by atoms with Gasteiger partial charge in [0.15, 0.2) is 0 Å². The number of carbonyl (C=O) groups is 1. The Morgan fingerprint density at radius 3 is 2.48 bits per heavy atom. The minimum atomic E-state index is -1.98. The van der Waals surface area contributed by atoms with Crippen LogP contribution in [0.15, 0.2) is 65.8 Å². The van der Waals surface area contributed by atoms with Crippen LogP contribution in [-0.2, 0) is 0 Å². The maximum Gasteiger partial charge on any atom is 0.259 e. The molecule has 1 atom stereocenters. The van der Waals surface area contributed by atoms with E-state index < -0.39 is 8.32 Å². The Morgan fingerprint density at radius 1 is 1.17 bits per heavy atom. The van der Waals surface area contributed by atoms with E-state index in [1.54, 1.807) is 4.90 Å². The average Bonchev–Trinajstić information content (AvgIpc) is 2.66. The Kier molecular flexibility index (Phi) is 5.92. The van der Waals surface area contributed by atoms with Gasteiger partial charge in [0.1, 0.15) is 5.75 Å². The van der Waals surface area contributed by atoms with Crippen LogP contribution < -0.4 is 4.43 Å². The van der Waals surface area contributed by atoms with Gasteiger partial charge in [0.25, 0.3) is 14.2 Å². The van der Waals surface area contributed by atoms with Crippen molar-refractivity contribution in [2.24, 2.45) is 0 Å². The molecule has 0 aliphatic carbocycles. The van der Waals surface area contributed by atoms with E-state index in [1.165, 1.54) is 0 Å². The second kappa shape index (κ2) is 7.96. The van der Waals surface area contributed by atoms with Gasteiger partial charge < -0.3 is 9.33 Å². The number of hydrogen-bond acceptors (Lipinski definition) is 2. The van der Waals surface area contributed by atoms with E-state index in [4.69, 9.17) is 4.43 Å². The maximum atomic E-state index is 13.2. The van der Waals surface area contributed by atoms with E-state index in [0.29, 0.717) is 5.56 Å². The van der Waals surface area contributed by atoms with Gasteiger partial charge >= 0.3 is 0 Å². The summed E-state index contributed by atoms with van der Waals surface area (Å²) in [5.41, 5.74) is 2.68. The minimum Gasteiger partial charge on any atom is -0.543 e. The molecule has 0 saturated heterocycles. The van der Waals surface area contributed by atoms with Crippen LogP contribution in [0.5, 0.6) is 5.75 Å². The number of fused-ring (bicyclic) bond motifs is 1. The van der Waals surface area contributed by atoms with E-state index in [2.05, 4.69) is 56.4 Å². The van der Waals surface area contributed by atoms with Gasteiger partial charge in [0.05, 0.1) is 11.6 Å². The van der Waals surface area contributed by atoms with Crippen LogP contribution in [0.4, 0.5) is 0 Å². The zero-order chi connectivity index (χ0) is 21.4. The van der Waals surface area contributed by atoms with E-state index >= 15 is 0 Å². The van der Waals surface area contributed by atoms with Gasteiger partial charge in [-0.1, -0.05) is 51.1 Å². The minimum absolute atomic E-state index is 0.0695. The first-order chi connectivity index (χ1) is 13.6. The summed E-state index contributed by atoms with van der Waals surface area (Å²) in [7, 11) is -1.98. The molecule has 0 radical (unpaired) electrons. The summed E-state index contributed by atoms with van der Waals surface area (Å²) in [4.78, 5) is 14.9. The van der Waals surface area contributed by atoms with Crippen LogP contribution in [0.3, 0.4) is 0 Å². The van der Waals surface area contributed by atoms with Gasteiger partial charge in [-0.05, 0) is 63.9 Å². The number of nitrogens with zero attached hydrogens (tertiary/aromatic N) is 1. The molecule has 152 valence electrons. The zero-order valence-electron chi connectivity index (χ0n) is 17.7. The second-order valence-electron chi connectivity index (χ2n) is 8.81. The summed E-state index contributed by atoms with van der Waals surface area (Å²) in [5, 5.41) is 0.105. The maximum absolute atomic E-state index is 13.2. The van der Waals surface area contributed by atoms with Crippen molar-refractivity contribution in [3.8, 4) is 5.75 Å². The Morgan fingerprint density at radius 2 is 1.86 bits per heavy atom. The van der Waals surface area contributed by atoms with Crippen molar-refractivity contribution in [3.05, 3.63) is 82.5 Å². The highest BCUT2D eigenvalue weighted by atomic mass is 79.9. The molecular formula is C24H28BrNO2Si. The molecular weight excluding hydrogens is 442 g/mol. The van der Waals surface area contributed by atoms with Gasteiger partial charge in [-0.2, -0.15) is 0 Å². The molecule has 5 heteroatoms. The van der Waals surface area contributed by atoms with Crippen molar-refractivity contribution in [3.63, 3.8) is 0 Å². The van der Waals surface area contributed by atoms with Crippen molar-refractivity contribution in [2.75, 3.05) is 0 Å². The molecule has 3 nitrogen and oxygen atoms in total. The molecule has 2 aromatic rings. The van der Waals surface area contributed by atoms with Gasteiger partial charge in [0.2, 0.25) is 0 Å². The largest absolute Gasteiger partial charge is 0.543 e. The first kappa shape index (κ1) is 21.6. The third-order valence-corrected chi connectivity index (χ3v) is 10.9. The molecule has 0 saturated carbocycles. The van der Waals surface area contributed by atoms with Crippen molar-refractivity contribution >= 4 is 36.2 Å². The lowest BCUT2D eigenvalue weighted by Gasteiger charge is -2.38. The predicted molar refractivity (Wildman–Crippen MR) is 127 cm³/mol. The molecule has 0 N–H and O–H groups in total. The standard InChI is InChI=1S/C24H28BrNO2Si/c1-7-21-17-12-10-14-22(28-29(5,6)24(2,3)4)18(17)15-16-26(21)23(27)19-11-8-9-13-20(19)25/h7-16,21H,1H2,2-6H3. The fourth-order valence-electron chi connectivity index (χ4n) is 3.12. The van der Waals surface area contributed by atoms with Crippen LogP contribution in [0, 0.1) is 0 Å². The number of benzene rings is 2. The Hall–Kier alpha value is -2.11. The fourth-order valence-corrected chi connectivity index (χ4v) is 4.61. The highest BCUT2D eigenvalue weighted by Crippen LogP contribution is 2.42. The lowest BCUT2D eigenvalue weighted by Crippen LogP contribution is -2.44. The normalized spacial score (nSPS) is 16.3. The van der Waals surface area contributed by atoms with Gasteiger partial charge in [-0.25, -0.2) is 0 Å². The summed E-state index contributed by atoms with van der Waals surface area (Å²) >= 11 is 3.49. The summed E-state index contributed by atoms with van der Waals surface area (Å²) in [6, 6.07) is 13.3. The second-order valence-corrected chi connectivity index (χ2v) is 14.4. The molecule has 1 aliphatic heterocycles. The number of amides is 1. The third kappa shape index (κ3) is 4.12. The molecule has 2 aromatic carbocycles. The van der Waals surface area contributed by atoms with E-state index in [0.717, 1.165) is 21.3 Å². The van der Waals surface area contributed by atoms with Gasteiger partial charge in [-0.3, -0.25) is 4.79 Å². The summed E-state index contributed by atoms with van der Waals surface area (Å²) in [6.07, 6.45) is 5.63. The summed E-state index contributed by atoms with van der Waals surface area (Å²) in [6.45, 7) is 15.2. The number of halogens is 1. The third-order valence-electron chi connectivity index (χ3n) is 5.85. The zero-order valence-corrected chi connectivity index (χ0v) is 20.3. The summed E-state index contributed by atoms with van der Waals surface area (Å²) < 4.78 is 7.38. The van der Waals surface area contributed by atoms with Crippen molar-refractivity contribution in [1.29, 1.82) is 0 Å². The van der Waals surface area contributed by atoms with Crippen LogP contribution in [-0.4, -0.2) is 19.1 Å². The van der Waals surface area contributed by atoms with E-state index in [-0.39, 0.29) is 17.0 Å². The predicted octanol–water partition coefficient (Wildman–Crippen LogP) is 7.19. The Bertz CT molecular complexity index is 975. The van der Waals surface area contributed by atoms with Crippen LogP contribution in [0.25, 0.3) is 6.08 Å². The quantitative estimate of drug-likeness (QED) is 0.350. The number of carbonyl (C=O) groups excluding carboxylic acids is 1. The molecule has 0 aromatic heterocycles. The average molecular weight is 470 g/mol. The van der Waals surface area contributed by atoms with Crippen LogP contribution in [0.1, 0.15) is 48.3 Å². The molecule has 29 heavy (non-hydrogen) atoms. The summed E-state index contributed by atoms with van der Waals surface area (Å²) in [5.74, 6) is 0.810. The number of hydrogen-bond donors (Lipinski definition) is 0. The molecule has 3 rings (SSSR count). The number of rotatable bonds is 4. The molecule has 1 unspecified atom stereocenters. The first-order valence-electron chi connectivity index (χ1n) is 9.76. The molecule has 1 amide bonds. The monoisotopic (exact) mass is 469 g/mol. The molecule has 1 aliphatic rings. The van der Waals surface area contributed by atoms with Crippen LogP contribution >= 0.6 is 15.9 Å². The van der Waals surface area contributed by atoms with Gasteiger partial charge in [-0.15, -0.1) is 6.58 Å². The highest BCUT2D eigenvalue weighted by Gasteiger charge is 2.40. The smallest absolute Gasteiger partial charge is 0.259 e. The van der Waals surface area contributed by atoms with Crippen molar-refractivity contribution in [1.82, 2.24) is 4.90 Å². The SMILES string of the molecule is C=CC1c2cccc(O[Si](C)(C)C(C)(C)C)c2C=CN1C(=O)c1ccccc1Br.